The first kappa shape index (κ1) is 108. The van der Waals surface area contributed by atoms with Gasteiger partial charge in [-0.3, -0.25) is 34.1 Å². The fourth-order valence-electron chi connectivity index (χ4n) is 17.7. The van der Waals surface area contributed by atoms with Gasteiger partial charge in [-0.2, -0.15) is 22.8 Å². The van der Waals surface area contributed by atoms with Crippen molar-refractivity contribution in [1.82, 2.24) is 35.1 Å². The summed E-state index contributed by atoms with van der Waals surface area (Å²) in [5.41, 5.74) is 25.5. The van der Waals surface area contributed by atoms with E-state index in [0.717, 1.165) is 135 Å². The van der Waals surface area contributed by atoms with Crippen molar-refractivity contribution < 1.29 is 51.7 Å². The summed E-state index contributed by atoms with van der Waals surface area (Å²) in [5.74, 6) is 0.148. The number of carboxylic acid groups (broad SMARTS) is 1. The summed E-state index contributed by atoms with van der Waals surface area (Å²) in [5, 5.41) is 16.4. The normalized spacial score (nSPS) is 12.0. The number of nitrogens with zero attached hydrogens (tertiary/aromatic N) is 5. The molecule has 0 bridgehead atoms. The molecule has 0 unspecified atom stereocenters. The molecule has 0 radical (unpaired) electrons. The number of rotatable bonds is 47. The van der Waals surface area contributed by atoms with Gasteiger partial charge in [-0.05, 0) is 278 Å². The standard InChI is InChI=1S/C33H33F3N2O2.C32H41N3O2.C28H33NO2.C27H33N.CO2/c1-25-18-28(20-31(19-25)33(34,35)36)23-38(22-27-10-14-32(15-11-27)40-24-39)17-5-16-37-21-26-8-12-30(13-9-26)29-6-3-2-4-7-29;1-26-19-27(2)21-30(20-26)24-35(23-29-9-11-32(12-10-29)37-25-36)16-6-15-33-31-13-17-34(18-14-31)22-28-7-4-3-5-8-28;1-22-10-12-24(13-11-22)8-4-3-5-18-29(21-26-9-6-7-23(2)19-26)20-25-14-16-27(17-15-25)28(30)31;1-23-15-17-26(18-16-23)21-28(22-27-14-9-10-24(2)20-27)19-8-4-7-13-25-11-5-3-6-12-25;2-1-3/h2-4,6-15,18-20,24,37H,5,16-17,21-23H2,1H3;3-5,7-12,19-21,25,31,33H,6,13-18,22-24H2,1-2H3;6-7,9-17,19H,3-5,8,18,20-21H2,1-2H3,(H,30,31);3,5-6,9-12,14-18,20H,4,7-8,13,19,21-22H2,1-2H3;. The molecule has 0 spiro atoms. The van der Waals surface area contributed by atoms with Crippen LogP contribution in [0.5, 0.6) is 11.5 Å². The monoisotopic (exact) mass is 1880 g/mol. The lowest BCUT2D eigenvalue weighted by molar-refractivity contribution is -0.191. The largest absolute Gasteiger partial charge is 0.478 e. The van der Waals surface area contributed by atoms with Gasteiger partial charge >= 0.3 is 18.3 Å². The van der Waals surface area contributed by atoms with Crippen molar-refractivity contribution in [2.75, 3.05) is 52.4 Å². The lowest BCUT2D eigenvalue weighted by Gasteiger charge is -2.32. The van der Waals surface area contributed by atoms with Crippen LogP contribution in [0.4, 0.5) is 13.2 Å². The van der Waals surface area contributed by atoms with Crippen molar-refractivity contribution in [3.63, 3.8) is 0 Å². The lowest BCUT2D eigenvalue weighted by Crippen LogP contribution is -2.42. The van der Waals surface area contributed by atoms with Crippen LogP contribution in [0.25, 0.3) is 11.1 Å². The minimum Gasteiger partial charge on any atom is -0.478 e. The van der Waals surface area contributed by atoms with E-state index in [0.29, 0.717) is 66.8 Å². The Balaban J connectivity index is 0.000000191. The summed E-state index contributed by atoms with van der Waals surface area (Å²) in [7, 11) is 0. The number of hydrogen-bond donors (Lipinski definition) is 3. The number of halogens is 3. The SMILES string of the molecule is Cc1cc(C)cc(CN(CCCNC2CCN(Cc3ccccc3)CC2)Cc2ccc(OC=O)cc2)c1.Cc1cc(CN(CCCNCc2ccc(-c3ccccc3)cc2)Cc2ccc(OC=O)cc2)cc(C(F)(F)F)c1.Cc1ccc(CCCCCN(Cc2ccc(C(=O)O)cc2)Cc2cccc(C)c2)cc1.Cc1ccc(CN(CCCCCc2ccccc2)Cc2cccc(C)c2)cc1.O=C=O. The van der Waals surface area contributed by atoms with Crippen LogP contribution < -0.4 is 20.1 Å². The van der Waals surface area contributed by atoms with Crippen LogP contribution >= 0.6 is 0 Å². The van der Waals surface area contributed by atoms with Crippen LogP contribution in [-0.2, 0) is 104 Å². The zero-order valence-electron chi connectivity index (χ0n) is 82.2. The molecular formula is C121H140F3N7O8. The molecule has 728 valence electrons. The van der Waals surface area contributed by atoms with E-state index in [1.54, 1.807) is 37.3 Å². The number of aromatic carboxylic acids is 1. The number of carboxylic acids is 1. The molecule has 0 saturated carbocycles. The molecule has 18 heteroatoms. The van der Waals surface area contributed by atoms with Gasteiger partial charge in [0.2, 0.25) is 0 Å². The molecule has 0 atom stereocenters. The predicted molar refractivity (Wildman–Crippen MR) is 555 cm³/mol. The van der Waals surface area contributed by atoms with E-state index in [1.807, 2.05) is 54.6 Å². The fraction of sp³-hybridized carbons (Fsp3) is 0.322. The summed E-state index contributed by atoms with van der Waals surface area (Å²) >= 11 is 0. The van der Waals surface area contributed by atoms with Crippen molar-refractivity contribution in [3.8, 4) is 22.6 Å². The summed E-state index contributed by atoms with van der Waals surface area (Å²) < 4.78 is 50.1. The quantitative estimate of drug-likeness (QED) is 0.0244. The van der Waals surface area contributed by atoms with Gasteiger partial charge in [0, 0.05) is 84.6 Å². The van der Waals surface area contributed by atoms with Gasteiger partial charge in [0.1, 0.15) is 11.5 Å². The molecule has 0 aliphatic carbocycles. The molecule has 1 fully saturated rings. The van der Waals surface area contributed by atoms with Crippen LogP contribution in [0.3, 0.4) is 0 Å². The number of aryl methyl sites for hydroxylation is 9. The predicted octanol–water partition coefficient (Wildman–Crippen LogP) is 25.4. The van der Waals surface area contributed by atoms with Gasteiger partial charge in [0.05, 0.1) is 11.1 Å². The average Bonchev–Trinajstić information content (AvgIpc) is 0.830. The first-order valence-electron chi connectivity index (χ1n) is 48.9. The van der Waals surface area contributed by atoms with E-state index in [1.165, 1.54) is 158 Å². The van der Waals surface area contributed by atoms with Gasteiger partial charge in [-0.15, -0.1) is 0 Å². The molecule has 3 N–H and O–H groups in total. The summed E-state index contributed by atoms with van der Waals surface area (Å²) in [6, 6.07) is 110. The Kier molecular flexibility index (Phi) is 46.8. The first-order chi connectivity index (χ1) is 67.5. The number of ether oxygens (including phenoxy) is 2. The molecule has 13 aromatic carbocycles. The number of likely N-dealkylation sites (tertiary alicyclic amines) is 1. The van der Waals surface area contributed by atoms with Crippen molar-refractivity contribution in [3.05, 3.63) is 438 Å². The third-order valence-corrected chi connectivity index (χ3v) is 24.7. The highest BCUT2D eigenvalue weighted by atomic mass is 19.4. The van der Waals surface area contributed by atoms with Crippen LogP contribution in [0.1, 0.15) is 186 Å². The highest BCUT2D eigenvalue weighted by Crippen LogP contribution is 2.32. The van der Waals surface area contributed by atoms with E-state index < -0.39 is 17.7 Å². The van der Waals surface area contributed by atoms with E-state index in [9.17, 15) is 27.6 Å². The Hall–Kier alpha value is -12.8. The molecule has 14 rings (SSSR count). The van der Waals surface area contributed by atoms with Gasteiger partial charge < -0.3 is 25.2 Å². The highest BCUT2D eigenvalue weighted by Gasteiger charge is 2.31. The van der Waals surface area contributed by atoms with Crippen LogP contribution in [0.2, 0.25) is 0 Å². The summed E-state index contributed by atoms with van der Waals surface area (Å²) in [4.78, 5) is 60.9. The molecule has 1 aliphatic rings. The van der Waals surface area contributed by atoms with Gasteiger partial charge in [-0.1, -0.05) is 325 Å². The van der Waals surface area contributed by atoms with Gasteiger partial charge in [0.15, 0.2) is 0 Å². The summed E-state index contributed by atoms with van der Waals surface area (Å²) in [6.45, 7) is 31.8. The fourth-order valence-corrected chi connectivity index (χ4v) is 17.7. The average molecular weight is 1880 g/mol. The minimum absolute atomic E-state index is 0.250. The number of carbonyl (C=O) groups is 3. The smallest absolute Gasteiger partial charge is 0.416 e. The zero-order chi connectivity index (χ0) is 98.6. The third-order valence-electron chi connectivity index (χ3n) is 24.7. The van der Waals surface area contributed by atoms with Crippen LogP contribution in [0.15, 0.2) is 322 Å². The Morgan fingerprint density at radius 1 is 0.367 bits per heavy atom. The molecule has 0 amide bonds. The lowest BCUT2D eigenvalue weighted by atomic mass is 10.0. The number of carbonyl (C=O) groups excluding carboxylic acids is 4. The topological polar surface area (TPSA) is 164 Å². The maximum absolute atomic E-state index is 13.4. The maximum atomic E-state index is 13.4. The Morgan fingerprint density at radius 2 is 0.727 bits per heavy atom. The second kappa shape index (κ2) is 60.1. The molecule has 1 aliphatic heterocycles. The van der Waals surface area contributed by atoms with Crippen LogP contribution in [-0.4, -0.2) is 113 Å². The summed E-state index contributed by atoms with van der Waals surface area (Å²) in [6.07, 6.45) is 9.94. The maximum Gasteiger partial charge on any atom is 0.416 e. The molecule has 13 aromatic rings. The van der Waals surface area contributed by atoms with Crippen molar-refractivity contribution >= 4 is 25.1 Å². The molecule has 139 heavy (non-hydrogen) atoms. The Morgan fingerprint density at radius 3 is 1.17 bits per heavy atom. The van der Waals surface area contributed by atoms with Crippen LogP contribution in [0, 0.1) is 48.5 Å². The molecular weight excluding hydrogens is 1740 g/mol. The Labute approximate surface area is 823 Å². The van der Waals surface area contributed by atoms with E-state index >= 15 is 0 Å². The number of hydrogen-bond acceptors (Lipinski definition) is 14. The highest BCUT2D eigenvalue weighted by molar-refractivity contribution is 5.87. The second-order valence-electron chi connectivity index (χ2n) is 36.8. The van der Waals surface area contributed by atoms with Gasteiger partial charge in [-0.25, -0.2) is 4.79 Å². The van der Waals surface area contributed by atoms with Crippen molar-refractivity contribution in [1.29, 1.82) is 0 Å². The minimum atomic E-state index is -4.39. The number of nitrogens with one attached hydrogen (secondary N) is 2. The number of alkyl halides is 3. The number of unbranched alkanes of at least 4 members (excludes halogenated alkanes) is 4. The Bertz CT molecular complexity index is 5720. The molecule has 1 saturated heterocycles. The van der Waals surface area contributed by atoms with E-state index in [4.69, 9.17) is 24.2 Å². The molecule has 1 heterocycles. The first-order valence-corrected chi connectivity index (χ1v) is 48.9. The molecule has 15 nitrogen and oxygen atoms in total. The van der Waals surface area contributed by atoms with E-state index in [-0.39, 0.29) is 6.15 Å². The van der Waals surface area contributed by atoms with Crippen molar-refractivity contribution in [2.45, 2.75) is 203 Å². The number of benzene rings is 13. The number of piperidine rings is 1. The molecule has 0 aromatic heterocycles. The van der Waals surface area contributed by atoms with Crippen molar-refractivity contribution in [2.24, 2.45) is 0 Å². The second-order valence-corrected chi connectivity index (χ2v) is 36.8. The third kappa shape index (κ3) is 42.2. The van der Waals surface area contributed by atoms with E-state index in [2.05, 4.69) is 301 Å². The zero-order valence-corrected chi connectivity index (χ0v) is 82.2. The van der Waals surface area contributed by atoms with Gasteiger partial charge in [0.25, 0.3) is 12.9 Å².